The summed E-state index contributed by atoms with van der Waals surface area (Å²) in [5.41, 5.74) is -0.0624. The minimum absolute atomic E-state index is 0.0155. The third-order valence-corrected chi connectivity index (χ3v) is 3.42. The van der Waals surface area contributed by atoms with Gasteiger partial charge in [-0.05, 0) is 27.6 Å². The predicted octanol–water partition coefficient (Wildman–Crippen LogP) is 3.99. The fourth-order valence-electron chi connectivity index (χ4n) is 1.52. The first-order chi connectivity index (χ1) is 7.25. The van der Waals surface area contributed by atoms with Crippen LogP contribution in [0.1, 0.15) is 25.8 Å². The minimum Gasteiger partial charge on any atom is -0.481 e. The topological polar surface area (TPSA) is 37.3 Å². The number of carboxylic acids is 1. The van der Waals surface area contributed by atoms with Gasteiger partial charge in [-0.15, -0.1) is 0 Å². The first kappa shape index (κ1) is 13.5. The summed E-state index contributed by atoms with van der Waals surface area (Å²) in [6, 6.07) is 3.07. The van der Waals surface area contributed by atoms with Gasteiger partial charge in [-0.25, -0.2) is 4.39 Å². The van der Waals surface area contributed by atoms with Gasteiger partial charge in [0.05, 0.1) is 15.9 Å². The van der Waals surface area contributed by atoms with E-state index in [1.807, 2.05) is 0 Å². The van der Waals surface area contributed by atoms with E-state index in [4.69, 9.17) is 16.7 Å². The molecule has 1 aromatic carbocycles. The number of aliphatic carboxylic acids is 1. The highest BCUT2D eigenvalue weighted by molar-refractivity contribution is 9.10. The highest BCUT2D eigenvalue weighted by Crippen LogP contribution is 2.36. The largest absolute Gasteiger partial charge is 0.481 e. The van der Waals surface area contributed by atoms with Crippen molar-refractivity contribution < 1.29 is 14.3 Å². The lowest BCUT2D eigenvalue weighted by atomic mass is 9.81. The van der Waals surface area contributed by atoms with Crippen LogP contribution in [0.15, 0.2) is 16.6 Å². The van der Waals surface area contributed by atoms with Crippen LogP contribution in [0.4, 0.5) is 4.39 Å². The van der Waals surface area contributed by atoms with Crippen molar-refractivity contribution in [2.24, 2.45) is 0 Å². The van der Waals surface area contributed by atoms with E-state index >= 15 is 0 Å². The average molecular weight is 310 g/mol. The van der Waals surface area contributed by atoms with Crippen molar-refractivity contribution >= 4 is 33.5 Å². The molecule has 16 heavy (non-hydrogen) atoms. The van der Waals surface area contributed by atoms with E-state index in [-0.39, 0.29) is 15.9 Å². The third kappa shape index (κ3) is 2.74. The zero-order valence-corrected chi connectivity index (χ0v) is 11.2. The maximum absolute atomic E-state index is 13.5. The SMILES string of the molecule is CC(C)(CC(=O)O)c1ccc(Cl)c(F)c1Br. The molecule has 0 unspecified atom stereocenters. The summed E-state index contributed by atoms with van der Waals surface area (Å²) in [6.45, 7) is 3.49. The van der Waals surface area contributed by atoms with Gasteiger partial charge >= 0.3 is 5.97 Å². The first-order valence-corrected chi connectivity index (χ1v) is 5.78. The Morgan fingerprint density at radius 3 is 2.62 bits per heavy atom. The first-order valence-electron chi connectivity index (χ1n) is 4.61. The van der Waals surface area contributed by atoms with Crippen LogP contribution in [0, 0.1) is 5.82 Å². The Morgan fingerprint density at radius 2 is 2.12 bits per heavy atom. The molecule has 0 fully saturated rings. The number of benzene rings is 1. The lowest BCUT2D eigenvalue weighted by molar-refractivity contribution is -0.138. The standard InChI is InChI=1S/C11H11BrClFO2/c1-11(2,5-8(15)16)6-3-4-7(13)10(14)9(6)12/h3-4H,5H2,1-2H3,(H,15,16). The molecular formula is C11H11BrClFO2. The molecule has 2 nitrogen and oxygen atoms in total. The molecule has 0 aromatic heterocycles. The van der Waals surface area contributed by atoms with Gasteiger partial charge in [-0.1, -0.05) is 31.5 Å². The van der Waals surface area contributed by atoms with E-state index in [0.717, 1.165) is 0 Å². The summed E-state index contributed by atoms with van der Waals surface area (Å²) < 4.78 is 13.8. The molecule has 0 atom stereocenters. The molecular weight excluding hydrogens is 298 g/mol. The molecule has 1 aromatic rings. The highest BCUT2D eigenvalue weighted by Gasteiger charge is 2.28. The van der Waals surface area contributed by atoms with Gasteiger partial charge in [-0.2, -0.15) is 0 Å². The van der Waals surface area contributed by atoms with Crippen LogP contribution in [0.2, 0.25) is 5.02 Å². The van der Waals surface area contributed by atoms with Crippen molar-refractivity contribution in [1.29, 1.82) is 0 Å². The fraction of sp³-hybridized carbons (Fsp3) is 0.364. The molecule has 1 N–H and O–H groups in total. The Kier molecular flexibility index (Phi) is 3.97. The van der Waals surface area contributed by atoms with Gasteiger partial charge in [-0.3, -0.25) is 4.79 Å². The number of carboxylic acid groups (broad SMARTS) is 1. The lowest BCUT2D eigenvalue weighted by Gasteiger charge is -2.24. The van der Waals surface area contributed by atoms with Crippen LogP contribution >= 0.6 is 27.5 Å². The molecule has 1 rings (SSSR count). The van der Waals surface area contributed by atoms with Crippen molar-refractivity contribution in [1.82, 2.24) is 0 Å². The summed E-state index contributed by atoms with van der Waals surface area (Å²) >= 11 is 8.72. The Balaban J connectivity index is 3.23. The van der Waals surface area contributed by atoms with Gasteiger partial charge in [0, 0.05) is 5.41 Å². The second-order valence-electron chi connectivity index (χ2n) is 4.18. The Hall–Kier alpha value is -0.610. The molecule has 0 bridgehead atoms. The normalized spacial score (nSPS) is 11.6. The van der Waals surface area contributed by atoms with Crippen molar-refractivity contribution in [3.63, 3.8) is 0 Å². The molecule has 5 heteroatoms. The van der Waals surface area contributed by atoms with Crippen LogP contribution in [-0.2, 0) is 10.2 Å². The maximum Gasteiger partial charge on any atom is 0.304 e. The Labute approximate surface area is 107 Å². The molecule has 0 saturated heterocycles. The van der Waals surface area contributed by atoms with E-state index < -0.39 is 17.2 Å². The van der Waals surface area contributed by atoms with Crippen LogP contribution in [0.25, 0.3) is 0 Å². The van der Waals surface area contributed by atoms with Gasteiger partial charge < -0.3 is 5.11 Å². The molecule has 0 aliphatic heterocycles. The lowest BCUT2D eigenvalue weighted by Crippen LogP contribution is -2.22. The Bertz CT molecular complexity index is 432. The van der Waals surface area contributed by atoms with Crippen molar-refractivity contribution in [2.45, 2.75) is 25.7 Å². The minimum atomic E-state index is -0.924. The average Bonchev–Trinajstić information content (AvgIpc) is 2.11. The van der Waals surface area contributed by atoms with Gasteiger partial charge in [0.25, 0.3) is 0 Å². The molecule has 0 spiro atoms. The van der Waals surface area contributed by atoms with Crippen molar-refractivity contribution in [3.05, 3.63) is 33.0 Å². The van der Waals surface area contributed by atoms with Gasteiger partial charge in [0.2, 0.25) is 0 Å². The van der Waals surface area contributed by atoms with Crippen molar-refractivity contribution in [2.75, 3.05) is 0 Å². The molecule has 0 radical (unpaired) electrons. The number of carbonyl (C=O) groups is 1. The van der Waals surface area contributed by atoms with Crippen LogP contribution < -0.4 is 0 Å². The van der Waals surface area contributed by atoms with Crippen LogP contribution in [-0.4, -0.2) is 11.1 Å². The van der Waals surface area contributed by atoms with Crippen LogP contribution in [0.5, 0.6) is 0 Å². The summed E-state index contributed by atoms with van der Waals surface area (Å²) in [4.78, 5) is 10.7. The van der Waals surface area contributed by atoms with Gasteiger partial charge in [0.1, 0.15) is 0 Å². The van der Waals surface area contributed by atoms with Gasteiger partial charge in [0.15, 0.2) is 5.82 Å². The summed E-state index contributed by atoms with van der Waals surface area (Å²) in [5, 5.41) is 8.81. The quantitative estimate of drug-likeness (QED) is 0.857. The monoisotopic (exact) mass is 308 g/mol. The Morgan fingerprint density at radius 1 is 1.56 bits per heavy atom. The summed E-state index contributed by atoms with van der Waals surface area (Å²) in [6.07, 6.45) is -0.0767. The predicted molar refractivity (Wildman–Crippen MR) is 64.4 cm³/mol. The van der Waals surface area contributed by atoms with E-state index in [2.05, 4.69) is 15.9 Å². The molecule has 0 saturated carbocycles. The van der Waals surface area contributed by atoms with E-state index in [1.165, 1.54) is 6.07 Å². The fourth-order valence-corrected chi connectivity index (χ4v) is 2.68. The van der Waals surface area contributed by atoms with E-state index in [1.54, 1.807) is 19.9 Å². The van der Waals surface area contributed by atoms with E-state index in [0.29, 0.717) is 5.56 Å². The number of hydrogen-bond acceptors (Lipinski definition) is 1. The zero-order chi connectivity index (χ0) is 12.5. The molecule has 0 aliphatic carbocycles. The molecule has 0 amide bonds. The molecule has 0 aliphatic rings. The number of rotatable bonds is 3. The molecule has 88 valence electrons. The van der Waals surface area contributed by atoms with Crippen molar-refractivity contribution in [3.8, 4) is 0 Å². The summed E-state index contributed by atoms with van der Waals surface area (Å²) in [5.74, 6) is -1.48. The van der Waals surface area contributed by atoms with E-state index in [9.17, 15) is 9.18 Å². The summed E-state index contributed by atoms with van der Waals surface area (Å²) in [7, 11) is 0. The smallest absolute Gasteiger partial charge is 0.304 e. The zero-order valence-electron chi connectivity index (χ0n) is 8.85. The maximum atomic E-state index is 13.5. The van der Waals surface area contributed by atoms with Crippen LogP contribution in [0.3, 0.4) is 0 Å². The second-order valence-corrected chi connectivity index (χ2v) is 5.38. The second kappa shape index (κ2) is 4.72. The highest BCUT2D eigenvalue weighted by atomic mass is 79.9. The third-order valence-electron chi connectivity index (χ3n) is 2.36. The number of hydrogen-bond donors (Lipinski definition) is 1. The molecule has 0 heterocycles. The number of halogens is 3.